The summed E-state index contributed by atoms with van der Waals surface area (Å²) in [7, 11) is 0. The standard InChI is InChI=1S/C23H23N3O/c27-22(25-17-6-2-1-3-7-17)19-16-23(19)11-14-26(15-12-23)21-10-13-24-20-9-5-4-8-18(20)21/h1-10,13,19H,11-12,14-16H2,(H,25,27). The molecule has 4 heteroatoms. The molecule has 1 aliphatic carbocycles. The number of carbonyl (C=O) groups is 1. The van der Waals surface area contributed by atoms with E-state index >= 15 is 0 Å². The summed E-state index contributed by atoms with van der Waals surface area (Å²) in [6.07, 6.45) is 5.08. The SMILES string of the molecule is O=C(Nc1ccccc1)C1CC12CCN(c1ccnc3ccccc13)CC2. The first-order valence-electron chi connectivity index (χ1n) is 9.70. The van der Waals surface area contributed by atoms with Crippen molar-refractivity contribution in [3.63, 3.8) is 0 Å². The van der Waals surface area contributed by atoms with E-state index in [4.69, 9.17) is 0 Å². The van der Waals surface area contributed by atoms with E-state index in [0.717, 1.165) is 43.6 Å². The van der Waals surface area contributed by atoms with Crippen LogP contribution in [-0.4, -0.2) is 24.0 Å². The van der Waals surface area contributed by atoms with E-state index in [1.807, 2.05) is 42.6 Å². The molecule has 1 atom stereocenters. The Labute approximate surface area is 159 Å². The molecule has 136 valence electrons. The number of hydrogen-bond donors (Lipinski definition) is 1. The van der Waals surface area contributed by atoms with Crippen LogP contribution in [0, 0.1) is 11.3 Å². The summed E-state index contributed by atoms with van der Waals surface area (Å²) in [5.41, 5.74) is 3.41. The molecule has 2 aromatic carbocycles. The Morgan fingerprint density at radius 1 is 1.00 bits per heavy atom. The van der Waals surface area contributed by atoms with Gasteiger partial charge in [0.25, 0.3) is 0 Å². The van der Waals surface area contributed by atoms with Gasteiger partial charge >= 0.3 is 0 Å². The first-order valence-corrected chi connectivity index (χ1v) is 9.70. The number of pyridine rings is 1. The van der Waals surface area contributed by atoms with Crippen LogP contribution in [0.15, 0.2) is 66.9 Å². The van der Waals surface area contributed by atoms with Gasteiger partial charge in [-0.1, -0.05) is 36.4 Å². The fourth-order valence-corrected chi connectivity index (χ4v) is 4.57. The van der Waals surface area contributed by atoms with E-state index in [0.29, 0.717) is 0 Å². The average Bonchev–Trinajstić information content (AvgIpc) is 3.42. The Bertz CT molecular complexity index is 972. The van der Waals surface area contributed by atoms with Crippen LogP contribution < -0.4 is 10.2 Å². The van der Waals surface area contributed by atoms with Gasteiger partial charge in [-0.05, 0) is 48.9 Å². The molecule has 1 unspecified atom stereocenters. The fraction of sp³-hybridized carbons (Fsp3) is 0.304. The highest BCUT2D eigenvalue weighted by atomic mass is 16.2. The van der Waals surface area contributed by atoms with Gasteiger partial charge in [0.2, 0.25) is 5.91 Å². The van der Waals surface area contributed by atoms with Crippen molar-refractivity contribution >= 4 is 28.2 Å². The first-order chi connectivity index (χ1) is 13.3. The normalized spacial score (nSPS) is 20.6. The van der Waals surface area contributed by atoms with Crippen molar-refractivity contribution in [2.75, 3.05) is 23.3 Å². The maximum absolute atomic E-state index is 12.6. The molecular formula is C23H23N3O. The minimum absolute atomic E-state index is 0.161. The zero-order valence-corrected chi connectivity index (χ0v) is 15.3. The van der Waals surface area contributed by atoms with E-state index in [-0.39, 0.29) is 17.2 Å². The monoisotopic (exact) mass is 357 g/mol. The number of aromatic nitrogens is 1. The number of para-hydroxylation sites is 2. The largest absolute Gasteiger partial charge is 0.371 e. The predicted octanol–water partition coefficient (Wildman–Crippen LogP) is 4.48. The minimum atomic E-state index is 0.161. The van der Waals surface area contributed by atoms with E-state index in [1.54, 1.807) is 0 Å². The molecule has 2 fully saturated rings. The Morgan fingerprint density at radius 2 is 1.74 bits per heavy atom. The van der Waals surface area contributed by atoms with Crippen LogP contribution in [0.3, 0.4) is 0 Å². The third kappa shape index (κ3) is 2.95. The maximum atomic E-state index is 12.6. The van der Waals surface area contributed by atoms with Crippen molar-refractivity contribution in [3.8, 4) is 0 Å². The molecule has 1 aromatic heterocycles. The predicted molar refractivity (Wildman–Crippen MR) is 109 cm³/mol. The number of nitrogens with one attached hydrogen (secondary N) is 1. The van der Waals surface area contributed by atoms with Crippen molar-refractivity contribution < 1.29 is 4.79 Å². The fourth-order valence-electron chi connectivity index (χ4n) is 4.57. The lowest BCUT2D eigenvalue weighted by molar-refractivity contribution is -0.118. The topological polar surface area (TPSA) is 45.2 Å². The molecule has 0 radical (unpaired) electrons. The summed E-state index contributed by atoms with van der Waals surface area (Å²) in [4.78, 5) is 19.6. The highest BCUT2D eigenvalue weighted by molar-refractivity contribution is 5.95. The summed E-state index contributed by atoms with van der Waals surface area (Å²) >= 11 is 0. The Hall–Kier alpha value is -2.88. The quantitative estimate of drug-likeness (QED) is 0.752. The van der Waals surface area contributed by atoms with Gasteiger partial charge in [0.15, 0.2) is 0 Å². The Balaban J connectivity index is 1.26. The zero-order valence-electron chi connectivity index (χ0n) is 15.3. The van der Waals surface area contributed by atoms with Crippen molar-refractivity contribution in [3.05, 3.63) is 66.9 Å². The molecule has 1 N–H and O–H groups in total. The van der Waals surface area contributed by atoms with Crippen LogP contribution in [0.5, 0.6) is 0 Å². The number of carbonyl (C=O) groups excluding carboxylic acids is 1. The van der Waals surface area contributed by atoms with Crippen molar-refractivity contribution in [2.24, 2.45) is 11.3 Å². The number of hydrogen-bond acceptors (Lipinski definition) is 3. The number of amides is 1. The van der Waals surface area contributed by atoms with Gasteiger partial charge in [-0.3, -0.25) is 9.78 Å². The van der Waals surface area contributed by atoms with Crippen LogP contribution in [0.1, 0.15) is 19.3 Å². The van der Waals surface area contributed by atoms with E-state index < -0.39 is 0 Å². The molecule has 0 bridgehead atoms. The third-order valence-corrected chi connectivity index (χ3v) is 6.27. The number of benzene rings is 2. The number of fused-ring (bicyclic) bond motifs is 1. The second-order valence-electron chi connectivity index (χ2n) is 7.81. The zero-order chi connectivity index (χ0) is 18.3. The van der Waals surface area contributed by atoms with Gasteiger partial charge in [0.05, 0.1) is 5.52 Å². The van der Waals surface area contributed by atoms with Gasteiger partial charge in [-0.25, -0.2) is 0 Å². The summed E-state index contributed by atoms with van der Waals surface area (Å²) in [6.45, 7) is 2.01. The van der Waals surface area contributed by atoms with E-state index in [1.165, 1.54) is 11.1 Å². The lowest BCUT2D eigenvalue weighted by Gasteiger charge is -2.35. The molecule has 5 rings (SSSR count). The first kappa shape index (κ1) is 16.3. The molecule has 4 nitrogen and oxygen atoms in total. The second-order valence-corrected chi connectivity index (χ2v) is 7.81. The van der Waals surface area contributed by atoms with Crippen LogP contribution in [0.25, 0.3) is 10.9 Å². The molecule has 1 spiro atoms. The van der Waals surface area contributed by atoms with E-state index in [9.17, 15) is 4.79 Å². The lowest BCUT2D eigenvalue weighted by Crippen LogP contribution is -2.36. The summed E-state index contributed by atoms with van der Waals surface area (Å²) in [6, 6.07) is 20.2. The van der Waals surface area contributed by atoms with Crippen molar-refractivity contribution in [1.82, 2.24) is 4.98 Å². The number of rotatable bonds is 3. The van der Waals surface area contributed by atoms with Gasteiger partial charge in [-0.2, -0.15) is 0 Å². The summed E-state index contributed by atoms with van der Waals surface area (Å²) in [5, 5.41) is 4.29. The van der Waals surface area contributed by atoms with Gasteiger partial charge < -0.3 is 10.2 Å². The number of piperidine rings is 1. The second kappa shape index (κ2) is 6.38. The number of nitrogens with zero attached hydrogens (tertiary/aromatic N) is 2. The van der Waals surface area contributed by atoms with Gasteiger partial charge in [0, 0.05) is 42.0 Å². The van der Waals surface area contributed by atoms with Gasteiger partial charge in [0.1, 0.15) is 0 Å². The molecular weight excluding hydrogens is 334 g/mol. The molecule has 3 aromatic rings. The smallest absolute Gasteiger partial charge is 0.228 e. The average molecular weight is 357 g/mol. The minimum Gasteiger partial charge on any atom is -0.371 e. The van der Waals surface area contributed by atoms with Gasteiger partial charge in [-0.15, -0.1) is 0 Å². The maximum Gasteiger partial charge on any atom is 0.228 e. The van der Waals surface area contributed by atoms with Crippen molar-refractivity contribution in [1.29, 1.82) is 0 Å². The highest BCUT2D eigenvalue weighted by Gasteiger charge is 2.58. The van der Waals surface area contributed by atoms with Crippen LogP contribution in [0.2, 0.25) is 0 Å². The summed E-state index contributed by atoms with van der Waals surface area (Å²) < 4.78 is 0. The van der Waals surface area contributed by atoms with E-state index in [2.05, 4.69) is 39.5 Å². The third-order valence-electron chi connectivity index (χ3n) is 6.27. The van der Waals surface area contributed by atoms with Crippen molar-refractivity contribution in [2.45, 2.75) is 19.3 Å². The molecule has 1 aliphatic heterocycles. The molecule has 27 heavy (non-hydrogen) atoms. The molecule has 2 heterocycles. The van der Waals surface area contributed by atoms with Crippen LogP contribution in [0.4, 0.5) is 11.4 Å². The Morgan fingerprint density at radius 3 is 2.56 bits per heavy atom. The molecule has 1 saturated carbocycles. The van der Waals surface area contributed by atoms with Crippen LogP contribution >= 0.6 is 0 Å². The molecule has 1 amide bonds. The number of anilines is 2. The van der Waals surface area contributed by atoms with Crippen LogP contribution in [-0.2, 0) is 4.79 Å². The Kier molecular flexibility index (Phi) is 3.85. The highest BCUT2D eigenvalue weighted by Crippen LogP contribution is 2.60. The summed E-state index contributed by atoms with van der Waals surface area (Å²) in [5.74, 6) is 0.345. The molecule has 2 aliphatic rings. The molecule has 1 saturated heterocycles. The lowest BCUT2D eigenvalue weighted by atomic mass is 9.90.